The van der Waals surface area contributed by atoms with Gasteiger partial charge in [-0.15, -0.1) is 12.4 Å². The normalized spacial score (nSPS) is 32.7. The Morgan fingerprint density at radius 1 is 1.33 bits per heavy atom. The zero-order valence-corrected chi connectivity index (χ0v) is 6.16. The summed E-state index contributed by atoms with van der Waals surface area (Å²) in [5.41, 5.74) is 5.33. The SMILES string of the molecule is Cl.NC[C@@H]1CC[C@@H]1CF. The molecule has 0 aliphatic heterocycles. The Labute approximate surface area is 61.2 Å². The second-order valence-electron chi connectivity index (χ2n) is 2.49. The Morgan fingerprint density at radius 3 is 2.00 bits per heavy atom. The van der Waals surface area contributed by atoms with Gasteiger partial charge in [-0.05, 0) is 31.2 Å². The lowest BCUT2D eigenvalue weighted by molar-refractivity contribution is 0.144. The van der Waals surface area contributed by atoms with Gasteiger partial charge < -0.3 is 5.73 Å². The first kappa shape index (κ1) is 9.18. The second kappa shape index (κ2) is 4.07. The fraction of sp³-hybridized carbons (Fsp3) is 1.00. The zero-order chi connectivity index (χ0) is 5.98. The third-order valence-electron chi connectivity index (χ3n) is 2.08. The van der Waals surface area contributed by atoms with Crippen LogP contribution in [0.15, 0.2) is 0 Å². The molecule has 2 atom stereocenters. The summed E-state index contributed by atoms with van der Waals surface area (Å²) < 4.78 is 11.8. The lowest BCUT2D eigenvalue weighted by atomic mass is 9.75. The fourth-order valence-electron chi connectivity index (χ4n) is 1.15. The average molecular weight is 154 g/mol. The van der Waals surface area contributed by atoms with Crippen LogP contribution in [-0.4, -0.2) is 13.2 Å². The van der Waals surface area contributed by atoms with Crippen molar-refractivity contribution < 1.29 is 4.39 Å². The van der Waals surface area contributed by atoms with Crippen LogP contribution in [-0.2, 0) is 0 Å². The van der Waals surface area contributed by atoms with Gasteiger partial charge in [0.05, 0.1) is 6.67 Å². The molecule has 1 nitrogen and oxygen atoms in total. The van der Waals surface area contributed by atoms with E-state index in [9.17, 15) is 4.39 Å². The Hall–Kier alpha value is 0.180. The number of alkyl halides is 1. The summed E-state index contributed by atoms with van der Waals surface area (Å²) >= 11 is 0. The van der Waals surface area contributed by atoms with Crippen molar-refractivity contribution in [1.82, 2.24) is 0 Å². The van der Waals surface area contributed by atoms with E-state index in [1.807, 2.05) is 0 Å². The highest BCUT2D eigenvalue weighted by atomic mass is 35.5. The summed E-state index contributed by atoms with van der Waals surface area (Å²) in [4.78, 5) is 0. The lowest BCUT2D eigenvalue weighted by Gasteiger charge is -2.33. The molecule has 0 spiro atoms. The van der Waals surface area contributed by atoms with Crippen molar-refractivity contribution in [3.05, 3.63) is 0 Å². The molecule has 0 unspecified atom stereocenters. The minimum atomic E-state index is -0.165. The van der Waals surface area contributed by atoms with Gasteiger partial charge in [0.15, 0.2) is 0 Å². The van der Waals surface area contributed by atoms with E-state index in [2.05, 4.69) is 0 Å². The first-order chi connectivity index (χ1) is 3.88. The fourth-order valence-corrected chi connectivity index (χ4v) is 1.15. The summed E-state index contributed by atoms with van der Waals surface area (Å²) in [6, 6.07) is 0. The maximum Gasteiger partial charge on any atom is 0.0925 e. The molecule has 0 aromatic heterocycles. The van der Waals surface area contributed by atoms with E-state index < -0.39 is 0 Å². The molecule has 9 heavy (non-hydrogen) atoms. The van der Waals surface area contributed by atoms with Crippen LogP contribution in [0.2, 0.25) is 0 Å². The van der Waals surface area contributed by atoms with E-state index in [4.69, 9.17) is 5.73 Å². The molecule has 0 bridgehead atoms. The minimum absolute atomic E-state index is 0. The molecule has 1 saturated carbocycles. The molecule has 0 saturated heterocycles. The molecule has 3 heteroatoms. The van der Waals surface area contributed by atoms with E-state index in [0.717, 1.165) is 12.8 Å². The van der Waals surface area contributed by atoms with Gasteiger partial charge in [-0.3, -0.25) is 4.39 Å². The van der Waals surface area contributed by atoms with Gasteiger partial charge in [0, 0.05) is 0 Å². The molecule has 0 radical (unpaired) electrons. The van der Waals surface area contributed by atoms with E-state index in [1.54, 1.807) is 0 Å². The molecule has 0 amide bonds. The van der Waals surface area contributed by atoms with Crippen LogP contribution in [0, 0.1) is 11.8 Å². The Balaban J connectivity index is 0.000000640. The van der Waals surface area contributed by atoms with Gasteiger partial charge in [-0.25, -0.2) is 0 Å². The third-order valence-corrected chi connectivity index (χ3v) is 2.08. The minimum Gasteiger partial charge on any atom is -0.330 e. The lowest BCUT2D eigenvalue weighted by Crippen LogP contribution is -2.33. The van der Waals surface area contributed by atoms with Crippen LogP contribution in [0.1, 0.15) is 12.8 Å². The summed E-state index contributed by atoms with van der Waals surface area (Å²) in [5, 5.41) is 0. The van der Waals surface area contributed by atoms with Crippen LogP contribution in [0.4, 0.5) is 4.39 Å². The van der Waals surface area contributed by atoms with Gasteiger partial charge in [0.2, 0.25) is 0 Å². The van der Waals surface area contributed by atoms with E-state index in [-0.39, 0.29) is 19.1 Å². The average Bonchev–Trinajstić information content (AvgIpc) is 1.66. The van der Waals surface area contributed by atoms with Crippen molar-refractivity contribution in [3.8, 4) is 0 Å². The van der Waals surface area contributed by atoms with Gasteiger partial charge in [0.1, 0.15) is 0 Å². The van der Waals surface area contributed by atoms with Crippen molar-refractivity contribution in [2.24, 2.45) is 17.6 Å². The monoisotopic (exact) mass is 153 g/mol. The Morgan fingerprint density at radius 2 is 1.89 bits per heavy atom. The topological polar surface area (TPSA) is 26.0 Å². The van der Waals surface area contributed by atoms with E-state index >= 15 is 0 Å². The van der Waals surface area contributed by atoms with Gasteiger partial charge in [0.25, 0.3) is 0 Å². The maximum absolute atomic E-state index is 11.8. The highest BCUT2D eigenvalue weighted by Gasteiger charge is 2.28. The summed E-state index contributed by atoms with van der Waals surface area (Å²) in [6.45, 7) is 0.510. The molecule has 2 N–H and O–H groups in total. The summed E-state index contributed by atoms with van der Waals surface area (Å²) in [6.07, 6.45) is 2.20. The van der Waals surface area contributed by atoms with E-state index in [1.165, 1.54) is 0 Å². The van der Waals surface area contributed by atoms with Crippen LogP contribution in [0.25, 0.3) is 0 Å². The highest BCUT2D eigenvalue weighted by Crippen LogP contribution is 2.33. The standard InChI is InChI=1S/C6H12FN.ClH/c7-3-5-1-2-6(5)4-8;/h5-6H,1-4,8H2;1H/t5-,6+;/m1./s1. The number of hydrogen-bond donors (Lipinski definition) is 1. The molecule has 0 aromatic carbocycles. The maximum atomic E-state index is 11.8. The van der Waals surface area contributed by atoms with Crippen molar-refractivity contribution >= 4 is 12.4 Å². The summed E-state index contributed by atoms with van der Waals surface area (Å²) in [5.74, 6) is 0.806. The Bertz CT molecular complexity index is 65.5. The molecule has 56 valence electrons. The van der Waals surface area contributed by atoms with Crippen LogP contribution >= 0.6 is 12.4 Å². The highest BCUT2D eigenvalue weighted by molar-refractivity contribution is 5.85. The Kier molecular flexibility index (Phi) is 4.15. The van der Waals surface area contributed by atoms with Crippen molar-refractivity contribution in [2.75, 3.05) is 13.2 Å². The molecule has 1 rings (SSSR count). The number of nitrogens with two attached hydrogens (primary N) is 1. The van der Waals surface area contributed by atoms with Crippen LogP contribution in [0.3, 0.4) is 0 Å². The molecule has 1 aliphatic carbocycles. The van der Waals surface area contributed by atoms with Crippen molar-refractivity contribution in [2.45, 2.75) is 12.8 Å². The molecule has 0 aromatic rings. The van der Waals surface area contributed by atoms with Gasteiger partial charge >= 0.3 is 0 Å². The van der Waals surface area contributed by atoms with Gasteiger partial charge in [-0.2, -0.15) is 0 Å². The first-order valence-corrected chi connectivity index (χ1v) is 3.14. The predicted molar refractivity (Wildman–Crippen MR) is 38.5 cm³/mol. The molecule has 1 fully saturated rings. The van der Waals surface area contributed by atoms with Gasteiger partial charge in [-0.1, -0.05) is 0 Å². The molecule has 0 heterocycles. The first-order valence-electron chi connectivity index (χ1n) is 3.14. The smallest absolute Gasteiger partial charge is 0.0925 e. The number of hydrogen-bond acceptors (Lipinski definition) is 1. The second-order valence-corrected chi connectivity index (χ2v) is 2.49. The molecular formula is C6H13ClFN. The van der Waals surface area contributed by atoms with E-state index in [0.29, 0.717) is 18.4 Å². The third kappa shape index (κ3) is 1.80. The zero-order valence-electron chi connectivity index (χ0n) is 5.35. The largest absolute Gasteiger partial charge is 0.330 e. The number of rotatable bonds is 2. The molecule has 1 aliphatic rings. The van der Waals surface area contributed by atoms with Crippen LogP contribution < -0.4 is 5.73 Å². The number of halogens is 2. The van der Waals surface area contributed by atoms with Crippen molar-refractivity contribution in [1.29, 1.82) is 0 Å². The quantitative estimate of drug-likeness (QED) is 0.637. The molecular weight excluding hydrogens is 141 g/mol. The van der Waals surface area contributed by atoms with Crippen LogP contribution in [0.5, 0.6) is 0 Å². The summed E-state index contributed by atoms with van der Waals surface area (Å²) in [7, 11) is 0. The van der Waals surface area contributed by atoms with Crippen molar-refractivity contribution in [3.63, 3.8) is 0 Å². The predicted octanol–water partition coefficient (Wildman–Crippen LogP) is 1.36.